The number of benzene rings is 1. The zero-order valence-electron chi connectivity index (χ0n) is 10.5. The van der Waals surface area contributed by atoms with E-state index in [1.807, 2.05) is 30.3 Å². The van der Waals surface area contributed by atoms with E-state index >= 15 is 0 Å². The lowest BCUT2D eigenvalue weighted by Gasteiger charge is -2.03. The van der Waals surface area contributed by atoms with Crippen LogP contribution in [0.5, 0.6) is 0 Å². The Balaban J connectivity index is 2.61. The van der Waals surface area contributed by atoms with Gasteiger partial charge in [0.2, 0.25) is 0 Å². The monoisotopic (exact) mass is 264 g/mol. The van der Waals surface area contributed by atoms with E-state index < -0.39 is 5.97 Å². The molecule has 0 spiro atoms. The maximum atomic E-state index is 11.5. The fraction of sp³-hybridized carbons (Fsp3) is 0.286. The molecule has 1 rings (SSSR count). The van der Waals surface area contributed by atoms with Crippen molar-refractivity contribution in [2.45, 2.75) is 19.6 Å². The molecule has 0 fully saturated rings. The van der Waals surface area contributed by atoms with Crippen LogP contribution in [0.4, 0.5) is 0 Å². The van der Waals surface area contributed by atoms with E-state index in [1.54, 1.807) is 12.3 Å². The van der Waals surface area contributed by atoms with Gasteiger partial charge < -0.3 is 4.74 Å². The van der Waals surface area contributed by atoms with Crippen LogP contribution in [-0.4, -0.2) is 18.4 Å². The first kappa shape index (κ1) is 14.5. The van der Waals surface area contributed by atoms with Crippen LogP contribution >= 0.6 is 11.8 Å². The van der Waals surface area contributed by atoms with Crippen LogP contribution in [0.15, 0.2) is 41.3 Å². The van der Waals surface area contributed by atoms with Gasteiger partial charge in [-0.25, -0.2) is 4.79 Å². The number of hydrogen-bond donors (Lipinski definition) is 0. The van der Waals surface area contributed by atoms with Crippen LogP contribution in [0.25, 0.3) is 0 Å². The van der Waals surface area contributed by atoms with Gasteiger partial charge in [0, 0.05) is 5.75 Å². The molecular formula is C14H16O3S. The first-order valence-electron chi connectivity index (χ1n) is 5.69. The predicted octanol–water partition coefficient (Wildman–Crippen LogP) is 2.96. The Bertz CT molecular complexity index is 438. The second-order valence-electron chi connectivity index (χ2n) is 3.60. The molecule has 18 heavy (non-hydrogen) atoms. The van der Waals surface area contributed by atoms with Crippen molar-refractivity contribution in [2.75, 3.05) is 6.61 Å². The molecule has 0 radical (unpaired) electrons. The third-order valence-electron chi connectivity index (χ3n) is 2.17. The molecule has 0 saturated carbocycles. The van der Waals surface area contributed by atoms with Crippen molar-refractivity contribution in [1.29, 1.82) is 0 Å². The molecule has 1 aromatic carbocycles. The number of ketones is 1. The van der Waals surface area contributed by atoms with Crippen LogP contribution in [0, 0.1) is 0 Å². The zero-order chi connectivity index (χ0) is 13.4. The van der Waals surface area contributed by atoms with E-state index in [1.165, 1.54) is 18.7 Å². The number of Topliss-reactive ketones (excluding diaryl/α,β-unsaturated/α-hetero) is 1. The summed E-state index contributed by atoms with van der Waals surface area (Å²) in [6.45, 7) is 3.35. The fourth-order valence-electron chi connectivity index (χ4n) is 1.28. The smallest absolute Gasteiger partial charge is 0.342 e. The summed E-state index contributed by atoms with van der Waals surface area (Å²) in [7, 11) is 0. The number of carbonyl (C=O) groups excluding carboxylic acids is 2. The highest BCUT2D eigenvalue weighted by Gasteiger charge is 2.14. The molecule has 3 nitrogen and oxygen atoms in total. The van der Waals surface area contributed by atoms with Crippen LogP contribution < -0.4 is 0 Å². The first-order valence-corrected chi connectivity index (χ1v) is 6.73. The molecule has 1 aromatic rings. The molecule has 0 aromatic heterocycles. The van der Waals surface area contributed by atoms with Crippen molar-refractivity contribution in [2.24, 2.45) is 0 Å². The maximum Gasteiger partial charge on any atom is 0.342 e. The summed E-state index contributed by atoms with van der Waals surface area (Å²) in [5, 5.41) is 1.58. The minimum Gasteiger partial charge on any atom is -0.462 e. The fourth-order valence-corrected chi connectivity index (χ4v) is 2.18. The highest BCUT2D eigenvalue weighted by Crippen LogP contribution is 2.16. The normalized spacial score (nSPS) is 11.1. The van der Waals surface area contributed by atoms with E-state index in [-0.39, 0.29) is 18.0 Å². The standard InChI is InChI=1S/C14H16O3S/c1-3-17-14(16)13(11(2)15)10-18-9-12-7-5-4-6-8-12/h4-8,10H,3,9H2,1-2H3. The summed E-state index contributed by atoms with van der Waals surface area (Å²) < 4.78 is 4.83. The van der Waals surface area contributed by atoms with Crippen molar-refractivity contribution in [3.05, 3.63) is 46.9 Å². The molecule has 0 bridgehead atoms. The molecule has 4 heteroatoms. The Morgan fingerprint density at radius 3 is 2.50 bits per heavy atom. The summed E-state index contributed by atoms with van der Waals surface area (Å²) in [5.41, 5.74) is 1.25. The Labute approximate surface area is 111 Å². The quantitative estimate of drug-likeness (QED) is 0.343. The Hall–Kier alpha value is -1.55. The maximum absolute atomic E-state index is 11.5. The highest BCUT2D eigenvalue weighted by molar-refractivity contribution is 8.01. The van der Waals surface area contributed by atoms with E-state index in [0.29, 0.717) is 0 Å². The third-order valence-corrected chi connectivity index (χ3v) is 3.07. The van der Waals surface area contributed by atoms with Gasteiger partial charge in [0.15, 0.2) is 5.78 Å². The molecule has 0 unspecified atom stereocenters. The highest BCUT2D eigenvalue weighted by atomic mass is 32.2. The number of carbonyl (C=O) groups is 2. The first-order chi connectivity index (χ1) is 8.65. The SMILES string of the molecule is CCOC(=O)C(=CSCc1ccccc1)C(C)=O. The van der Waals surface area contributed by atoms with Crippen molar-refractivity contribution in [3.8, 4) is 0 Å². The lowest BCUT2D eigenvalue weighted by atomic mass is 10.2. The number of esters is 1. The molecule has 0 saturated heterocycles. The van der Waals surface area contributed by atoms with Crippen molar-refractivity contribution in [3.63, 3.8) is 0 Å². The Morgan fingerprint density at radius 1 is 1.28 bits per heavy atom. The summed E-state index contributed by atoms with van der Waals surface area (Å²) >= 11 is 1.41. The molecule has 0 N–H and O–H groups in total. The van der Waals surface area contributed by atoms with Gasteiger partial charge in [0.1, 0.15) is 5.57 Å². The van der Waals surface area contributed by atoms with E-state index in [4.69, 9.17) is 4.74 Å². The summed E-state index contributed by atoms with van der Waals surface area (Å²) in [6.07, 6.45) is 0. The van der Waals surface area contributed by atoms with Gasteiger partial charge in [-0.05, 0) is 24.8 Å². The van der Waals surface area contributed by atoms with Crippen molar-refractivity contribution >= 4 is 23.5 Å². The second-order valence-corrected chi connectivity index (χ2v) is 4.46. The van der Waals surface area contributed by atoms with Gasteiger partial charge in [-0.2, -0.15) is 0 Å². The minimum atomic E-state index is -0.550. The zero-order valence-corrected chi connectivity index (χ0v) is 11.3. The number of ether oxygens (including phenoxy) is 1. The Morgan fingerprint density at radius 2 is 1.94 bits per heavy atom. The average molecular weight is 264 g/mol. The van der Waals surface area contributed by atoms with Crippen LogP contribution in [0.1, 0.15) is 19.4 Å². The molecule has 0 heterocycles. The average Bonchev–Trinajstić information content (AvgIpc) is 2.35. The molecule has 0 amide bonds. The number of thioether (sulfide) groups is 1. The summed E-state index contributed by atoms with van der Waals surface area (Å²) in [5.74, 6) is -0.101. The number of hydrogen-bond acceptors (Lipinski definition) is 4. The summed E-state index contributed by atoms with van der Waals surface area (Å²) in [6, 6.07) is 9.86. The van der Waals surface area contributed by atoms with E-state index in [0.717, 1.165) is 11.3 Å². The van der Waals surface area contributed by atoms with E-state index in [2.05, 4.69) is 0 Å². The van der Waals surface area contributed by atoms with Gasteiger partial charge in [-0.3, -0.25) is 4.79 Å². The van der Waals surface area contributed by atoms with Crippen molar-refractivity contribution < 1.29 is 14.3 Å². The Kier molecular flexibility index (Phi) is 6.22. The van der Waals surface area contributed by atoms with Crippen molar-refractivity contribution in [1.82, 2.24) is 0 Å². The molecule has 0 aliphatic carbocycles. The van der Waals surface area contributed by atoms with Gasteiger partial charge in [0.05, 0.1) is 6.61 Å². The molecule has 96 valence electrons. The lowest BCUT2D eigenvalue weighted by Crippen LogP contribution is -2.13. The van der Waals surface area contributed by atoms with Crippen LogP contribution in [-0.2, 0) is 20.1 Å². The van der Waals surface area contributed by atoms with Gasteiger partial charge >= 0.3 is 5.97 Å². The van der Waals surface area contributed by atoms with Crippen LogP contribution in [0.2, 0.25) is 0 Å². The molecule has 0 atom stereocenters. The lowest BCUT2D eigenvalue weighted by molar-refractivity contribution is -0.139. The molecule has 0 aliphatic rings. The van der Waals surface area contributed by atoms with Gasteiger partial charge in [0.25, 0.3) is 0 Å². The molecule has 0 aliphatic heterocycles. The topological polar surface area (TPSA) is 43.4 Å². The minimum absolute atomic E-state index is 0.109. The van der Waals surface area contributed by atoms with Crippen LogP contribution in [0.3, 0.4) is 0 Å². The molecular weight excluding hydrogens is 248 g/mol. The number of rotatable bonds is 6. The van der Waals surface area contributed by atoms with Gasteiger partial charge in [-0.1, -0.05) is 30.3 Å². The largest absolute Gasteiger partial charge is 0.462 e. The second kappa shape index (κ2) is 7.71. The predicted molar refractivity (Wildman–Crippen MR) is 73.1 cm³/mol. The van der Waals surface area contributed by atoms with E-state index in [9.17, 15) is 9.59 Å². The summed E-state index contributed by atoms with van der Waals surface area (Å²) in [4.78, 5) is 22.8. The van der Waals surface area contributed by atoms with Gasteiger partial charge in [-0.15, -0.1) is 11.8 Å². The third kappa shape index (κ3) is 4.75.